The number of nitrogens with one attached hydrogen (secondary N) is 2. The summed E-state index contributed by atoms with van der Waals surface area (Å²) >= 11 is 1.27. The van der Waals surface area contributed by atoms with E-state index < -0.39 is 20.7 Å². The maximum absolute atomic E-state index is 13.8. The third kappa shape index (κ3) is 4.10. The van der Waals surface area contributed by atoms with Crippen molar-refractivity contribution in [1.82, 2.24) is 4.98 Å². The standard InChI is InChI=1S/C20H14FN3O3S2/c21-15-8-4-5-9-18(15)29(26,27)24-14-10-11-17-16(12-14)22-20(28-17)23-19(25)13-6-2-1-3-7-13/h1-12,24H,(H,22,23,25). The van der Waals surface area contributed by atoms with Gasteiger partial charge in [0.1, 0.15) is 10.7 Å². The number of nitrogens with zero attached hydrogens (tertiary/aromatic N) is 1. The molecule has 0 spiro atoms. The van der Waals surface area contributed by atoms with Gasteiger partial charge in [-0.15, -0.1) is 0 Å². The Morgan fingerprint density at radius 1 is 0.966 bits per heavy atom. The summed E-state index contributed by atoms with van der Waals surface area (Å²) in [6.45, 7) is 0. The van der Waals surface area contributed by atoms with Crippen molar-refractivity contribution >= 4 is 48.3 Å². The second-order valence-corrected chi connectivity index (χ2v) is 8.74. The van der Waals surface area contributed by atoms with Gasteiger partial charge in [0.2, 0.25) is 0 Å². The fraction of sp³-hybridized carbons (Fsp3) is 0. The predicted molar refractivity (Wildman–Crippen MR) is 111 cm³/mol. The number of anilines is 2. The molecule has 0 fully saturated rings. The van der Waals surface area contributed by atoms with E-state index in [1.807, 2.05) is 6.07 Å². The highest BCUT2D eigenvalue weighted by atomic mass is 32.2. The molecule has 1 amide bonds. The first kappa shape index (κ1) is 19.0. The van der Waals surface area contributed by atoms with Crippen LogP contribution in [0.5, 0.6) is 0 Å². The molecule has 0 aliphatic rings. The van der Waals surface area contributed by atoms with Gasteiger partial charge >= 0.3 is 0 Å². The lowest BCUT2D eigenvalue weighted by Crippen LogP contribution is -2.14. The molecule has 0 saturated carbocycles. The van der Waals surface area contributed by atoms with Crippen LogP contribution in [0.1, 0.15) is 10.4 Å². The molecule has 29 heavy (non-hydrogen) atoms. The second-order valence-electron chi connectivity index (χ2n) is 6.06. The number of carbonyl (C=O) groups excluding carboxylic acids is 1. The van der Waals surface area contributed by atoms with Gasteiger partial charge in [-0.25, -0.2) is 17.8 Å². The van der Waals surface area contributed by atoms with Crippen molar-refractivity contribution in [3.63, 3.8) is 0 Å². The Bertz CT molecular complexity index is 1310. The van der Waals surface area contributed by atoms with Crippen molar-refractivity contribution in [3.05, 3.63) is 84.2 Å². The quantitative estimate of drug-likeness (QED) is 0.491. The monoisotopic (exact) mass is 427 g/mol. The Morgan fingerprint density at radius 2 is 1.69 bits per heavy atom. The first-order chi connectivity index (χ1) is 13.9. The van der Waals surface area contributed by atoms with E-state index in [4.69, 9.17) is 0 Å². The minimum Gasteiger partial charge on any atom is -0.298 e. The van der Waals surface area contributed by atoms with Crippen molar-refractivity contribution in [2.75, 3.05) is 10.0 Å². The summed E-state index contributed by atoms with van der Waals surface area (Å²) in [6.07, 6.45) is 0. The van der Waals surface area contributed by atoms with E-state index in [-0.39, 0.29) is 11.6 Å². The van der Waals surface area contributed by atoms with E-state index in [1.165, 1.54) is 35.6 Å². The van der Waals surface area contributed by atoms with Crippen LogP contribution in [-0.2, 0) is 10.0 Å². The van der Waals surface area contributed by atoms with Crippen LogP contribution < -0.4 is 10.0 Å². The summed E-state index contributed by atoms with van der Waals surface area (Å²) in [7, 11) is -4.08. The number of carbonyl (C=O) groups is 1. The third-order valence-corrected chi connectivity index (χ3v) is 6.39. The van der Waals surface area contributed by atoms with Gasteiger partial charge in [0.15, 0.2) is 5.13 Å². The van der Waals surface area contributed by atoms with Crippen LogP contribution in [0.15, 0.2) is 77.7 Å². The molecule has 0 bridgehead atoms. The van der Waals surface area contributed by atoms with E-state index in [0.29, 0.717) is 16.2 Å². The Morgan fingerprint density at radius 3 is 2.45 bits per heavy atom. The van der Waals surface area contributed by atoms with Crippen LogP contribution in [0, 0.1) is 5.82 Å². The molecule has 0 aliphatic carbocycles. The first-order valence-electron chi connectivity index (χ1n) is 8.47. The number of sulfonamides is 1. The number of hydrogen-bond acceptors (Lipinski definition) is 5. The maximum Gasteiger partial charge on any atom is 0.264 e. The molecule has 0 saturated heterocycles. The lowest BCUT2D eigenvalue weighted by Gasteiger charge is -2.08. The molecule has 1 aromatic heterocycles. The van der Waals surface area contributed by atoms with E-state index in [1.54, 1.807) is 36.4 Å². The highest BCUT2D eigenvalue weighted by Gasteiger charge is 2.19. The maximum atomic E-state index is 13.8. The van der Waals surface area contributed by atoms with Crippen molar-refractivity contribution < 1.29 is 17.6 Å². The van der Waals surface area contributed by atoms with Crippen molar-refractivity contribution in [2.45, 2.75) is 4.90 Å². The minimum atomic E-state index is -4.08. The Kier molecular flexibility index (Phi) is 4.99. The molecular weight excluding hydrogens is 413 g/mol. The number of aromatic nitrogens is 1. The number of benzene rings is 3. The highest BCUT2D eigenvalue weighted by molar-refractivity contribution is 7.92. The zero-order valence-electron chi connectivity index (χ0n) is 14.8. The number of fused-ring (bicyclic) bond motifs is 1. The zero-order chi connectivity index (χ0) is 20.4. The molecule has 1 heterocycles. The Balaban J connectivity index is 1.57. The Labute approximate surface area is 170 Å². The van der Waals surface area contributed by atoms with E-state index in [9.17, 15) is 17.6 Å². The van der Waals surface area contributed by atoms with E-state index >= 15 is 0 Å². The van der Waals surface area contributed by atoms with Crippen LogP contribution in [0.25, 0.3) is 10.2 Å². The summed E-state index contributed by atoms with van der Waals surface area (Å²) in [6, 6.07) is 18.6. The number of amides is 1. The average Bonchev–Trinajstić information content (AvgIpc) is 3.10. The summed E-state index contributed by atoms with van der Waals surface area (Å²) in [4.78, 5) is 16.2. The predicted octanol–water partition coefficient (Wildman–Crippen LogP) is 4.49. The van der Waals surface area contributed by atoms with E-state index in [2.05, 4.69) is 15.0 Å². The van der Waals surface area contributed by atoms with Gasteiger partial charge in [-0.05, 0) is 42.5 Å². The summed E-state index contributed by atoms with van der Waals surface area (Å²) in [5.41, 5.74) is 1.25. The molecule has 3 aromatic carbocycles. The third-order valence-electron chi connectivity index (χ3n) is 4.02. The zero-order valence-corrected chi connectivity index (χ0v) is 16.4. The molecule has 6 nitrogen and oxygen atoms in total. The van der Waals surface area contributed by atoms with Crippen LogP contribution in [0.4, 0.5) is 15.2 Å². The Hall–Kier alpha value is -3.30. The molecule has 9 heteroatoms. The van der Waals surface area contributed by atoms with Crippen LogP contribution >= 0.6 is 11.3 Å². The molecule has 2 N–H and O–H groups in total. The molecular formula is C20H14FN3O3S2. The summed E-state index contributed by atoms with van der Waals surface area (Å²) in [5, 5.41) is 3.12. The number of rotatable bonds is 5. The fourth-order valence-corrected chi connectivity index (χ4v) is 4.65. The van der Waals surface area contributed by atoms with Gasteiger partial charge in [-0.1, -0.05) is 41.7 Å². The largest absolute Gasteiger partial charge is 0.298 e. The number of hydrogen-bond donors (Lipinski definition) is 2. The van der Waals surface area contributed by atoms with Crippen LogP contribution in [0.2, 0.25) is 0 Å². The topological polar surface area (TPSA) is 88.2 Å². The molecule has 0 unspecified atom stereocenters. The lowest BCUT2D eigenvalue weighted by molar-refractivity contribution is 0.102. The van der Waals surface area contributed by atoms with Crippen molar-refractivity contribution in [3.8, 4) is 0 Å². The van der Waals surface area contributed by atoms with E-state index in [0.717, 1.165) is 10.8 Å². The SMILES string of the molecule is O=C(Nc1nc2cc(NS(=O)(=O)c3ccccc3F)ccc2s1)c1ccccc1. The van der Waals surface area contributed by atoms with Gasteiger partial charge in [-0.2, -0.15) is 0 Å². The molecule has 4 aromatic rings. The smallest absolute Gasteiger partial charge is 0.264 e. The first-order valence-corrected chi connectivity index (χ1v) is 10.8. The van der Waals surface area contributed by atoms with Gasteiger partial charge in [0.25, 0.3) is 15.9 Å². The molecule has 4 rings (SSSR count). The lowest BCUT2D eigenvalue weighted by atomic mass is 10.2. The summed E-state index contributed by atoms with van der Waals surface area (Å²) in [5.74, 6) is -1.12. The minimum absolute atomic E-state index is 0.243. The van der Waals surface area contributed by atoms with Crippen molar-refractivity contribution in [1.29, 1.82) is 0 Å². The normalized spacial score (nSPS) is 11.3. The molecule has 0 atom stereocenters. The number of thiazole rings is 1. The fourth-order valence-electron chi connectivity index (χ4n) is 2.68. The average molecular weight is 427 g/mol. The van der Waals surface area contributed by atoms with Gasteiger partial charge in [-0.3, -0.25) is 14.8 Å². The summed E-state index contributed by atoms with van der Waals surface area (Å²) < 4.78 is 41.8. The molecule has 146 valence electrons. The van der Waals surface area contributed by atoms with Gasteiger partial charge in [0, 0.05) is 5.56 Å². The number of halogens is 1. The van der Waals surface area contributed by atoms with Crippen LogP contribution in [0.3, 0.4) is 0 Å². The van der Waals surface area contributed by atoms with Crippen molar-refractivity contribution in [2.24, 2.45) is 0 Å². The van der Waals surface area contributed by atoms with Crippen LogP contribution in [-0.4, -0.2) is 19.3 Å². The molecule has 0 aliphatic heterocycles. The highest BCUT2D eigenvalue weighted by Crippen LogP contribution is 2.29. The van der Waals surface area contributed by atoms with Gasteiger partial charge in [0.05, 0.1) is 15.9 Å². The van der Waals surface area contributed by atoms with Gasteiger partial charge < -0.3 is 0 Å². The molecule has 0 radical (unpaired) electrons. The second kappa shape index (κ2) is 7.61.